The predicted octanol–water partition coefficient (Wildman–Crippen LogP) is 4.59. The Kier molecular flexibility index (Phi) is 3.98. The summed E-state index contributed by atoms with van der Waals surface area (Å²) in [5.74, 6) is 0.988. The number of carbonyl (C=O) groups is 1. The first-order valence-electron chi connectivity index (χ1n) is 9.72. The van der Waals surface area contributed by atoms with Crippen LogP contribution in [-0.2, 0) is 0 Å². The van der Waals surface area contributed by atoms with Crippen molar-refractivity contribution in [2.24, 2.45) is 5.92 Å². The van der Waals surface area contributed by atoms with E-state index in [4.69, 9.17) is 5.26 Å². The van der Waals surface area contributed by atoms with Crippen LogP contribution in [0.4, 0.5) is 0 Å². The molecule has 1 unspecified atom stereocenters. The molecule has 3 nitrogen and oxygen atoms in total. The van der Waals surface area contributed by atoms with Gasteiger partial charge < -0.3 is 5.32 Å². The largest absolute Gasteiger partial charge is 0.352 e. The molecule has 0 aromatic heterocycles. The lowest BCUT2D eigenvalue weighted by Gasteiger charge is -2.45. The van der Waals surface area contributed by atoms with E-state index < -0.39 is 0 Å². The normalized spacial score (nSPS) is 21.3. The van der Waals surface area contributed by atoms with E-state index in [1.165, 1.54) is 22.3 Å². The molecule has 0 saturated heterocycles. The monoisotopic (exact) mass is 364 g/mol. The number of carbonyl (C=O) groups excluding carboxylic acids is 1. The second-order valence-corrected chi connectivity index (χ2v) is 7.69. The standard InChI is InChI=1S/C25H20N2O/c26-14-16-6-5-7-17(12-16)25(28)27-15-18-13-23-19-8-1-3-10-21(19)24(18)22-11-4-2-9-20(22)23/h1-12,18,23-24H,13,15H2,(H,27,28). The summed E-state index contributed by atoms with van der Waals surface area (Å²) < 4.78 is 0. The molecule has 136 valence electrons. The Morgan fingerprint density at radius 2 is 1.57 bits per heavy atom. The van der Waals surface area contributed by atoms with E-state index in [0.717, 1.165) is 6.42 Å². The minimum atomic E-state index is -0.111. The lowest BCUT2D eigenvalue weighted by molar-refractivity contribution is 0.0943. The van der Waals surface area contributed by atoms with Crippen molar-refractivity contribution in [1.29, 1.82) is 5.26 Å². The number of amides is 1. The SMILES string of the molecule is N#Cc1cccc(C(=O)NCC2CC3c4ccccc4C2c2ccccc23)c1. The summed E-state index contributed by atoms with van der Waals surface area (Å²) in [6.45, 7) is 0.638. The summed E-state index contributed by atoms with van der Waals surface area (Å²) in [6, 6.07) is 26.4. The van der Waals surface area contributed by atoms with Crippen molar-refractivity contribution in [1.82, 2.24) is 5.32 Å². The first-order chi connectivity index (χ1) is 13.8. The molecular formula is C25H20N2O. The fourth-order valence-electron chi connectivity index (χ4n) is 5.02. The Bertz CT molecular complexity index is 1060. The number of hydrogen-bond acceptors (Lipinski definition) is 2. The van der Waals surface area contributed by atoms with Crippen molar-refractivity contribution in [3.05, 3.63) is 106 Å². The van der Waals surface area contributed by atoms with Crippen LogP contribution in [0.25, 0.3) is 0 Å². The molecule has 0 heterocycles. The van der Waals surface area contributed by atoms with Gasteiger partial charge in [-0.25, -0.2) is 0 Å². The molecule has 3 aromatic rings. The highest BCUT2D eigenvalue weighted by atomic mass is 16.1. The van der Waals surface area contributed by atoms with Gasteiger partial charge in [0.05, 0.1) is 11.6 Å². The van der Waals surface area contributed by atoms with E-state index in [0.29, 0.717) is 35.4 Å². The summed E-state index contributed by atoms with van der Waals surface area (Å²) >= 11 is 0. The molecule has 6 rings (SSSR count). The van der Waals surface area contributed by atoms with Crippen LogP contribution in [0, 0.1) is 17.2 Å². The molecule has 28 heavy (non-hydrogen) atoms. The van der Waals surface area contributed by atoms with Crippen LogP contribution in [0.3, 0.4) is 0 Å². The number of benzene rings is 3. The Morgan fingerprint density at radius 3 is 2.21 bits per heavy atom. The summed E-state index contributed by atoms with van der Waals surface area (Å²) in [6.07, 6.45) is 1.05. The van der Waals surface area contributed by atoms with Gasteiger partial charge in [0.15, 0.2) is 0 Å². The summed E-state index contributed by atoms with van der Waals surface area (Å²) in [4.78, 5) is 12.6. The number of rotatable bonds is 3. The third-order valence-corrected chi connectivity index (χ3v) is 6.20. The van der Waals surface area contributed by atoms with Crippen LogP contribution in [0.1, 0.15) is 56.4 Å². The maximum Gasteiger partial charge on any atom is 0.251 e. The minimum Gasteiger partial charge on any atom is -0.352 e. The highest BCUT2D eigenvalue weighted by molar-refractivity contribution is 5.94. The van der Waals surface area contributed by atoms with Crippen molar-refractivity contribution in [2.75, 3.05) is 6.54 Å². The molecule has 3 aliphatic carbocycles. The molecule has 2 bridgehead atoms. The van der Waals surface area contributed by atoms with Crippen LogP contribution in [0.5, 0.6) is 0 Å². The average Bonchev–Trinajstić information content (AvgIpc) is 2.77. The predicted molar refractivity (Wildman–Crippen MR) is 108 cm³/mol. The van der Waals surface area contributed by atoms with Crippen LogP contribution in [-0.4, -0.2) is 12.5 Å². The lowest BCUT2D eigenvalue weighted by atomic mass is 9.59. The van der Waals surface area contributed by atoms with Gasteiger partial charge >= 0.3 is 0 Å². The van der Waals surface area contributed by atoms with Gasteiger partial charge in [-0.05, 0) is 52.8 Å². The van der Waals surface area contributed by atoms with E-state index in [1.807, 2.05) is 0 Å². The zero-order chi connectivity index (χ0) is 19.1. The first kappa shape index (κ1) is 16.8. The molecule has 0 saturated carbocycles. The topological polar surface area (TPSA) is 52.9 Å². The number of nitriles is 1. The van der Waals surface area contributed by atoms with Gasteiger partial charge in [0.2, 0.25) is 0 Å². The van der Waals surface area contributed by atoms with Crippen molar-refractivity contribution in [3.63, 3.8) is 0 Å². The molecule has 0 radical (unpaired) electrons. The minimum absolute atomic E-state index is 0.111. The van der Waals surface area contributed by atoms with E-state index in [9.17, 15) is 4.79 Å². The van der Waals surface area contributed by atoms with Crippen LogP contribution < -0.4 is 5.32 Å². The highest BCUT2D eigenvalue weighted by Crippen LogP contribution is 2.55. The fourth-order valence-corrected chi connectivity index (χ4v) is 5.02. The quantitative estimate of drug-likeness (QED) is 0.739. The Hall–Kier alpha value is -3.38. The molecule has 0 spiro atoms. The van der Waals surface area contributed by atoms with Gasteiger partial charge in [0.25, 0.3) is 5.91 Å². The maximum atomic E-state index is 12.6. The van der Waals surface area contributed by atoms with Gasteiger partial charge in [-0.1, -0.05) is 54.6 Å². The second-order valence-electron chi connectivity index (χ2n) is 7.69. The molecule has 0 fully saturated rings. The lowest BCUT2D eigenvalue weighted by Crippen LogP contribution is -2.39. The fraction of sp³-hybridized carbons (Fsp3) is 0.200. The van der Waals surface area contributed by atoms with Crippen molar-refractivity contribution in [3.8, 4) is 6.07 Å². The summed E-state index contributed by atoms with van der Waals surface area (Å²) in [7, 11) is 0. The molecule has 1 amide bonds. The maximum absolute atomic E-state index is 12.6. The number of fused-ring (bicyclic) bond motifs is 1. The van der Waals surface area contributed by atoms with Gasteiger partial charge in [0, 0.05) is 23.9 Å². The van der Waals surface area contributed by atoms with Gasteiger partial charge in [-0.15, -0.1) is 0 Å². The third kappa shape index (κ3) is 2.61. The molecule has 1 atom stereocenters. The zero-order valence-corrected chi connectivity index (χ0v) is 15.4. The highest BCUT2D eigenvalue weighted by Gasteiger charge is 2.42. The van der Waals surface area contributed by atoms with Gasteiger partial charge in [0.1, 0.15) is 0 Å². The molecule has 0 aliphatic heterocycles. The van der Waals surface area contributed by atoms with Crippen molar-refractivity contribution >= 4 is 5.91 Å². The average molecular weight is 364 g/mol. The van der Waals surface area contributed by atoms with E-state index in [2.05, 4.69) is 59.9 Å². The summed E-state index contributed by atoms with van der Waals surface area (Å²) in [5.41, 5.74) is 6.74. The van der Waals surface area contributed by atoms with E-state index in [-0.39, 0.29) is 5.91 Å². The molecule has 1 N–H and O–H groups in total. The van der Waals surface area contributed by atoms with Gasteiger partial charge in [-0.2, -0.15) is 5.26 Å². The number of nitrogens with one attached hydrogen (secondary N) is 1. The molecule has 3 aliphatic rings. The van der Waals surface area contributed by atoms with E-state index in [1.54, 1.807) is 24.3 Å². The number of hydrogen-bond donors (Lipinski definition) is 1. The summed E-state index contributed by atoms with van der Waals surface area (Å²) in [5, 5.41) is 12.2. The Labute approximate surface area is 164 Å². The second kappa shape index (κ2) is 6.65. The molecule has 3 heteroatoms. The first-order valence-corrected chi connectivity index (χ1v) is 9.72. The molecule has 3 aromatic carbocycles. The third-order valence-electron chi connectivity index (χ3n) is 6.20. The van der Waals surface area contributed by atoms with Crippen LogP contribution in [0.2, 0.25) is 0 Å². The zero-order valence-electron chi connectivity index (χ0n) is 15.4. The van der Waals surface area contributed by atoms with Crippen LogP contribution >= 0.6 is 0 Å². The van der Waals surface area contributed by atoms with Gasteiger partial charge in [-0.3, -0.25) is 4.79 Å². The van der Waals surface area contributed by atoms with Crippen molar-refractivity contribution in [2.45, 2.75) is 18.3 Å². The van der Waals surface area contributed by atoms with Crippen LogP contribution in [0.15, 0.2) is 72.8 Å². The van der Waals surface area contributed by atoms with Crippen molar-refractivity contribution < 1.29 is 4.79 Å². The smallest absolute Gasteiger partial charge is 0.251 e. The Morgan fingerprint density at radius 1 is 0.929 bits per heavy atom. The number of nitrogens with zero attached hydrogens (tertiary/aromatic N) is 1. The Balaban J connectivity index is 1.42. The van der Waals surface area contributed by atoms with E-state index >= 15 is 0 Å². The molecular weight excluding hydrogens is 344 g/mol.